The van der Waals surface area contributed by atoms with Crippen LogP contribution in [0.15, 0.2) is 35.3 Å². The lowest BCUT2D eigenvalue weighted by Crippen LogP contribution is -2.42. The number of aromatic amines is 1. The van der Waals surface area contributed by atoms with Gasteiger partial charge in [0, 0.05) is 37.9 Å². The normalized spacial score (nSPS) is 16.9. The van der Waals surface area contributed by atoms with Crippen LogP contribution in [0.5, 0.6) is 5.75 Å². The molecule has 0 aliphatic carbocycles. The summed E-state index contributed by atoms with van der Waals surface area (Å²) in [6, 6.07) is 6.83. The van der Waals surface area contributed by atoms with E-state index in [2.05, 4.69) is 4.98 Å². The molecule has 0 bridgehead atoms. The number of carbonyl (C=O) groups excluding carboxylic acids is 2. The van der Waals surface area contributed by atoms with Gasteiger partial charge in [-0.2, -0.15) is 0 Å². The number of nitrogens with zero attached hydrogens (tertiary/aromatic N) is 2. The molecule has 7 nitrogen and oxygen atoms in total. The number of carbonyl (C=O) groups is 2. The van der Waals surface area contributed by atoms with Crippen LogP contribution in [0.3, 0.4) is 0 Å². The number of nitrogens with one attached hydrogen (secondary N) is 1. The van der Waals surface area contributed by atoms with Crippen molar-refractivity contribution in [3.8, 4) is 5.75 Å². The van der Waals surface area contributed by atoms with E-state index in [9.17, 15) is 19.5 Å². The lowest BCUT2D eigenvalue weighted by atomic mass is 9.95. The number of likely N-dealkylation sites (tertiary alicyclic amines) is 1. The van der Waals surface area contributed by atoms with E-state index in [4.69, 9.17) is 0 Å². The number of H-pyrrole nitrogens is 1. The standard InChI is InChI=1S/C24H29N3O4/c28-20-9-5-4-8-17(20)14-21(29)27-13-10-19-18(16-27)15-25-23(30)22(19)24(31)26-11-6-2-1-3-7-12-26/h4-5,8-9,15,28H,1-3,6-7,10-14,16H2,(H,25,30). The fourth-order valence-corrected chi connectivity index (χ4v) is 4.55. The van der Waals surface area contributed by atoms with Gasteiger partial charge in [0.2, 0.25) is 5.91 Å². The maximum atomic E-state index is 13.2. The number of para-hydroxylation sites is 1. The Balaban J connectivity index is 1.53. The zero-order chi connectivity index (χ0) is 21.8. The fourth-order valence-electron chi connectivity index (χ4n) is 4.55. The molecule has 0 unspecified atom stereocenters. The largest absolute Gasteiger partial charge is 0.508 e. The van der Waals surface area contributed by atoms with Crippen LogP contribution >= 0.6 is 0 Å². The number of hydrogen-bond acceptors (Lipinski definition) is 4. The van der Waals surface area contributed by atoms with Crippen molar-refractivity contribution in [2.45, 2.75) is 51.5 Å². The number of fused-ring (bicyclic) bond motifs is 1. The molecule has 2 aromatic rings. The Morgan fingerprint density at radius 3 is 2.42 bits per heavy atom. The Bertz CT molecular complexity index is 1020. The smallest absolute Gasteiger partial charge is 0.261 e. The molecule has 2 aliphatic rings. The van der Waals surface area contributed by atoms with Crippen LogP contribution in [-0.4, -0.2) is 51.3 Å². The van der Waals surface area contributed by atoms with E-state index >= 15 is 0 Å². The first-order valence-corrected chi connectivity index (χ1v) is 11.1. The molecule has 0 saturated carbocycles. The van der Waals surface area contributed by atoms with Gasteiger partial charge in [0.05, 0.1) is 6.42 Å². The van der Waals surface area contributed by atoms with Crippen molar-refractivity contribution in [3.05, 3.63) is 63.1 Å². The number of phenolic OH excluding ortho intramolecular Hbond substituents is 1. The van der Waals surface area contributed by atoms with E-state index in [1.165, 1.54) is 6.42 Å². The Hall–Kier alpha value is -3.09. The summed E-state index contributed by atoms with van der Waals surface area (Å²) in [4.78, 5) is 44.9. The SMILES string of the molecule is O=C(Cc1ccccc1O)N1CCc2c(c[nH]c(=O)c2C(=O)N2CCCCCCC2)C1. The zero-order valence-electron chi connectivity index (χ0n) is 17.7. The molecule has 2 aliphatic heterocycles. The molecular formula is C24H29N3O4. The second-order valence-corrected chi connectivity index (χ2v) is 8.43. The maximum absolute atomic E-state index is 13.2. The lowest BCUT2D eigenvalue weighted by Gasteiger charge is -2.31. The molecule has 0 radical (unpaired) electrons. The van der Waals surface area contributed by atoms with Crippen molar-refractivity contribution >= 4 is 11.8 Å². The van der Waals surface area contributed by atoms with Gasteiger partial charge >= 0.3 is 0 Å². The number of amides is 2. The highest BCUT2D eigenvalue weighted by Gasteiger charge is 2.29. The van der Waals surface area contributed by atoms with Crippen LogP contribution < -0.4 is 5.56 Å². The lowest BCUT2D eigenvalue weighted by molar-refractivity contribution is -0.131. The quantitative estimate of drug-likeness (QED) is 0.794. The van der Waals surface area contributed by atoms with Gasteiger partial charge in [-0.1, -0.05) is 37.5 Å². The third kappa shape index (κ3) is 4.65. The molecule has 2 amide bonds. The van der Waals surface area contributed by atoms with Crippen LogP contribution in [0.2, 0.25) is 0 Å². The first kappa shape index (κ1) is 21.2. The van der Waals surface area contributed by atoms with E-state index in [1.807, 2.05) is 4.90 Å². The molecular weight excluding hydrogens is 394 g/mol. The van der Waals surface area contributed by atoms with Crippen LogP contribution in [-0.2, 0) is 24.2 Å². The van der Waals surface area contributed by atoms with E-state index < -0.39 is 0 Å². The number of hydrogen-bond donors (Lipinski definition) is 2. The molecule has 3 heterocycles. The third-order valence-electron chi connectivity index (χ3n) is 6.33. The van der Waals surface area contributed by atoms with Crippen LogP contribution in [0.4, 0.5) is 0 Å². The summed E-state index contributed by atoms with van der Waals surface area (Å²) in [5, 5.41) is 9.95. The van der Waals surface area contributed by atoms with Gasteiger partial charge in [-0.15, -0.1) is 0 Å². The number of rotatable bonds is 3. The van der Waals surface area contributed by atoms with Gasteiger partial charge in [0.25, 0.3) is 11.5 Å². The van der Waals surface area contributed by atoms with Crippen molar-refractivity contribution in [3.63, 3.8) is 0 Å². The van der Waals surface area contributed by atoms with Crippen molar-refractivity contribution in [2.24, 2.45) is 0 Å². The number of pyridine rings is 1. The maximum Gasteiger partial charge on any atom is 0.261 e. The molecule has 0 atom stereocenters. The molecule has 2 N–H and O–H groups in total. The van der Waals surface area contributed by atoms with Crippen molar-refractivity contribution in [1.29, 1.82) is 0 Å². The number of aromatic nitrogens is 1. The number of benzene rings is 1. The molecule has 31 heavy (non-hydrogen) atoms. The summed E-state index contributed by atoms with van der Waals surface area (Å²) in [6.45, 7) is 2.17. The molecule has 164 valence electrons. The van der Waals surface area contributed by atoms with Gasteiger partial charge in [0.1, 0.15) is 11.3 Å². The summed E-state index contributed by atoms with van der Waals surface area (Å²) in [7, 11) is 0. The minimum atomic E-state index is -0.347. The van der Waals surface area contributed by atoms with Crippen LogP contribution in [0.25, 0.3) is 0 Å². The van der Waals surface area contributed by atoms with Gasteiger partial charge in [0.15, 0.2) is 0 Å². The third-order valence-corrected chi connectivity index (χ3v) is 6.33. The minimum absolute atomic E-state index is 0.0880. The highest BCUT2D eigenvalue weighted by Crippen LogP contribution is 2.24. The molecule has 1 saturated heterocycles. The molecule has 7 heteroatoms. The fraction of sp³-hybridized carbons (Fsp3) is 0.458. The van der Waals surface area contributed by atoms with Crippen molar-refractivity contribution in [1.82, 2.24) is 14.8 Å². The summed E-state index contributed by atoms with van der Waals surface area (Å²) < 4.78 is 0. The average molecular weight is 424 g/mol. The average Bonchev–Trinajstić information content (AvgIpc) is 2.74. The first-order chi connectivity index (χ1) is 15.0. The van der Waals surface area contributed by atoms with E-state index in [0.717, 1.165) is 36.8 Å². The van der Waals surface area contributed by atoms with Crippen LogP contribution in [0.1, 0.15) is 59.2 Å². The Labute approximate surface area is 181 Å². The summed E-state index contributed by atoms with van der Waals surface area (Å²) >= 11 is 0. The van der Waals surface area contributed by atoms with E-state index in [-0.39, 0.29) is 35.1 Å². The zero-order valence-corrected chi connectivity index (χ0v) is 17.7. The van der Waals surface area contributed by atoms with Gasteiger partial charge in [-0.3, -0.25) is 14.4 Å². The summed E-state index contributed by atoms with van der Waals surface area (Å²) in [6.07, 6.45) is 7.57. The molecule has 1 fully saturated rings. The van der Waals surface area contributed by atoms with Gasteiger partial charge in [-0.05, 0) is 36.5 Å². The van der Waals surface area contributed by atoms with Crippen molar-refractivity contribution < 1.29 is 14.7 Å². The summed E-state index contributed by atoms with van der Waals surface area (Å²) in [5.41, 5.74) is 2.06. The Morgan fingerprint density at radius 1 is 0.968 bits per heavy atom. The van der Waals surface area contributed by atoms with E-state index in [0.29, 0.717) is 38.2 Å². The van der Waals surface area contributed by atoms with Crippen LogP contribution in [0, 0.1) is 0 Å². The van der Waals surface area contributed by atoms with Crippen molar-refractivity contribution in [2.75, 3.05) is 19.6 Å². The topological polar surface area (TPSA) is 93.7 Å². The number of aromatic hydroxyl groups is 1. The monoisotopic (exact) mass is 423 g/mol. The predicted molar refractivity (Wildman–Crippen MR) is 117 cm³/mol. The van der Waals surface area contributed by atoms with Gasteiger partial charge in [-0.25, -0.2) is 0 Å². The highest BCUT2D eigenvalue weighted by atomic mass is 16.3. The highest BCUT2D eigenvalue weighted by molar-refractivity contribution is 5.96. The molecule has 4 rings (SSSR count). The summed E-state index contributed by atoms with van der Waals surface area (Å²) in [5.74, 6) is -0.164. The minimum Gasteiger partial charge on any atom is -0.508 e. The second kappa shape index (κ2) is 9.37. The van der Waals surface area contributed by atoms with Gasteiger partial charge < -0.3 is 19.9 Å². The second-order valence-electron chi connectivity index (χ2n) is 8.43. The number of phenols is 1. The van der Waals surface area contributed by atoms with E-state index in [1.54, 1.807) is 35.4 Å². The molecule has 0 spiro atoms. The Kier molecular flexibility index (Phi) is 6.39. The molecule has 1 aromatic heterocycles. The molecule has 1 aromatic carbocycles. The Morgan fingerprint density at radius 2 is 1.68 bits per heavy atom. The predicted octanol–water partition coefficient (Wildman–Crippen LogP) is 2.61. The first-order valence-electron chi connectivity index (χ1n) is 11.1.